The second-order valence-electron chi connectivity index (χ2n) is 3.36. The van der Waals surface area contributed by atoms with E-state index < -0.39 is 0 Å². The number of ether oxygens (including phenoxy) is 1. The van der Waals surface area contributed by atoms with Gasteiger partial charge in [0.05, 0.1) is 6.61 Å². The summed E-state index contributed by atoms with van der Waals surface area (Å²) >= 11 is 1.89. The lowest BCUT2D eigenvalue weighted by molar-refractivity contribution is 0.340. The molecule has 0 radical (unpaired) electrons. The molecule has 1 aromatic carbocycles. The van der Waals surface area contributed by atoms with Gasteiger partial charge >= 0.3 is 0 Å². The number of benzene rings is 1. The molecule has 0 saturated carbocycles. The van der Waals surface area contributed by atoms with Crippen LogP contribution in [-0.2, 0) is 6.54 Å². The second kappa shape index (κ2) is 6.75. The maximum Gasteiger partial charge on any atom is 0.123 e. The number of rotatable bonds is 6. The topological polar surface area (TPSA) is 35.2 Å². The van der Waals surface area contributed by atoms with E-state index in [-0.39, 0.29) is 0 Å². The highest BCUT2D eigenvalue weighted by Gasteiger charge is 2.01. The van der Waals surface area contributed by atoms with Crippen LogP contribution in [0.15, 0.2) is 18.2 Å². The summed E-state index contributed by atoms with van der Waals surface area (Å²) in [5.74, 6) is 3.11. The zero-order chi connectivity index (χ0) is 11.1. The molecule has 84 valence electrons. The van der Waals surface area contributed by atoms with E-state index >= 15 is 0 Å². The summed E-state index contributed by atoms with van der Waals surface area (Å²) in [6.45, 7) is 5.52. The van der Waals surface area contributed by atoms with Crippen LogP contribution in [0.1, 0.15) is 18.1 Å². The summed E-state index contributed by atoms with van der Waals surface area (Å²) in [6.07, 6.45) is 0. The van der Waals surface area contributed by atoms with Gasteiger partial charge < -0.3 is 10.5 Å². The molecule has 0 fully saturated rings. The van der Waals surface area contributed by atoms with Crippen molar-refractivity contribution in [3.63, 3.8) is 0 Å². The maximum atomic E-state index is 5.68. The molecule has 0 bridgehead atoms. The van der Waals surface area contributed by atoms with E-state index in [0.717, 1.165) is 29.4 Å². The molecular formula is C12H19NOS. The molecule has 0 aliphatic heterocycles. The van der Waals surface area contributed by atoms with Crippen LogP contribution in [0.5, 0.6) is 5.75 Å². The maximum absolute atomic E-state index is 5.68. The van der Waals surface area contributed by atoms with E-state index in [1.54, 1.807) is 0 Å². The van der Waals surface area contributed by atoms with Gasteiger partial charge in [0.2, 0.25) is 0 Å². The van der Waals surface area contributed by atoms with Crippen LogP contribution < -0.4 is 10.5 Å². The largest absolute Gasteiger partial charge is 0.492 e. The van der Waals surface area contributed by atoms with Gasteiger partial charge in [-0.3, -0.25) is 0 Å². The van der Waals surface area contributed by atoms with Gasteiger partial charge in [-0.1, -0.05) is 24.6 Å². The normalized spacial score (nSPS) is 10.3. The van der Waals surface area contributed by atoms with Gasteiger partial charge in [0.15, 0.2) is 0 Å². The van der Waals surface area contributed by atoms with Crippen molar-refractivity contribution >= 4 is 11.8 Å². The van der Waals surface area contributed by atoms with Crippen LogP contribution in [0.3, 0.4) is 0 Å². The summed E-state index contributed by atoms with van der Waals surface area (Å²) in [5, 5.41) is 0. The highest BCUT2D eigenvalue weighted by Crippen LogP contribution is 2.19. The van der Waals surface area contributed by atoms with Crippen LogP contribution in [0.2, 0.25) is 0 Å². The molecule has 2 nitrogen and oxygen atoms in total. The predicted molar refractivity (Wildman–Crippen MR) is 67.6 cm³/mol. The summed E-state index contributed by atoms with van der Waals surface area (Å²) in [5.41, 5.74) is 7.99. The van der Waals surface area contributed by atoms with Crippen molar-refractivity contribution in [2.24, 2.45) is 5.73 Å². The molecule has 0 aliphatic rings. The molecule has 1 rings (SSSR count). The van der Waals surface area contributed by atoms with Gasteiger partial charge in [0.1, 0.15) is 5.75 Å². The fraction of sp³-hybridized carbons (Fsp3) is 0.500. The van der Waals surface area contributed by atoms with Crippen molar-refractivity contribution in [1.82, 2.24) is 0 Å². The monoisotopic (exact) mass is 225 g/mol. The van der Waals surface area contributed by atoms with Gasteiger partial charge in [-0.2, -0.15) is 11.8 Å². The minimum absolute atomic E-state index is 0.540. The minimum Gasteiger partial charge on any atom is -0.492 e. The van der Waals surface area contributed by atoms with E-state index in [4.69, 9.17) is 10.5 Å². The first-order valence-electron chi connectivity index (χ1n) is 5.28. The van der Waals surface area contributed by atoms with Crippen LogP contribution in [0, 0.1) is 6.92 Å². The number of nitrogens with two attached hydrogens (primary N) is 1. The summed E-state index contributed by atoms with van der Waals surface area (Å²) in [6, 6.07) is 6.15. The SMILES string of the molecule is CCSCCOc1ccc(C)cc1CN. The molecule has 0 unspecified atom stereocenters. The zero-order valence-electron chi connectivity index (χ0n) is 9.45. The van der Waals surface area contributed by atoms with Crippen molar-refractivity contribution in [2.75, 3.05) is 18.1 Å². The number of aryl methyl sites for hydroxylation is 1. The smallest absolute Gasteiger partial charge is 0.123 e. The van der Waals surface area contributed by atoms with E-state index in [0.29, 0.717) is 6.54 Å². The van der Waals surface area contributed by atoms with Gasteiger partial charge in [0.25, 0.3) is 0 Å². The molecule has 0 amide bonds. The van der Waals surface area contributed by atoms with Crippen molar-refractivity contribution in [3.8, 4) is 5.75 Å². The van der Waals surface area contributed by atoms with Gasteiger partial charge in [-0.15, -0.1) is 0 Å². The van der Waals surface area contributed by atoms with E-state index in [2.05, 4.69) is 26.0 Å². The number of hydrogen-bond acceptors (Lipinski definition) is 3. The van der Waals surface area contributed by atoms with E-state index in [9.17, 15) is 0 Å². The fourth-order valence-corrected chi connectivity index (χ4v) is 1.85. The molecule has 0 aliphatic carbocycles. The second-order valence-corrected chi connectivity index (χ2v) is 4.75. The Kier molecular flexibility index (Phi) is 5.58. The molecular weight excluding hydrogens is 206 g/mol. The van der Waals surface area contributed by atoms with Gasteiger partial charge in [-0.25, -0.2) is 0 Å². The third-order valence-corrected chi connectivity index (χ3v) is 2.99. The Morgan fingerprint density at radius 2 is 2.20 bits per heavy atom. The lowest BCUT2D eigenvalue weighted by atomic mass is 10.1. The van der Waals surface area contributed by atoms with Crippen LogP contribution in [0.25, 0.3) is 0 Å². The fourth-order valence-electron chi connectivity index (χ4n) is 1.36. The molecule has 1 aromatic rings. The summed E-state index contributed by atoms with van der Waals surface area (Å²) < 4.78 is 5.68. The third-order valence-electron chi connectivity index (χ3n) is 2.13. The molecule has 0 spiro atoms. The van der Waals surface area contributed by atoms with Crippen molar-refractivity contribution in [2.45, 2.75) is 20.4 Å². The van der Waals surface area contributed by atoms with Crippen LogP contribution >= 0.6 is 11.8 Å². The first kappa shape index (κ1) is 12.4. The molecule has 0 aromatic heterocycles. The van der Waals surface area contributed by atoms with Crippen molar-refractivity contribution in [1.29, 1.82) is 0 Å². The lowest BCUT2D eigenvalue weighted by Crippen LogP contribution is -2.05. The molecule has 3 heteroatoms. The Hall–Kier alpha value is -0.670. The van der Waals surface area contributed by atoms with Crippen LogP contribution in [0.4, 0.5) is 0 Å². The molecule has 15 heavy (non-hydrogen) atoms. The van der Waals surface area contributed by atoms with E-state index in [1.807, 2.05) is 17.8 Å². The first-order chi connectivity index (χ1) is 7.27. The van der Waals surface area contributed by atoms with Gasteiger partial charge in [-0.05, 0) is 18.7 Å². The molecule has 2 N–H and O–H groups in total. The zero-order valence-corrected chi connectivity index (χ0v) is 10.3. The first-order valence-corrected chi connectivity index (χ1v) is 6.43. The lowest BCUT2D eigenvalue weighted by Gasteiger charge is -2.10. The van der Waals surface area contributed by atoms with Gasteiger partial charge in [0, 0.05) is 17.9 Å². The number of hydrogen-bond donors (Lipinski definition) is 1. The Morgan fingerprint density at radius 1 is 1.40 bits per heavy atom. The molecule has 0 atom stereocenters. The molecule has 0 saturated heterocycles. The average Bonchev–Trinajstić information content (AvgIpc) is 2.26. The van der Waals surface area contributed by atoms with Crippen LogP contribution in [-0.4, -0.2) is 18.1 Å². The standard InChI is InChI=1S/C12H19NOS/c1-3-15-7-6-14-12-5-4-10(2)8-11(12)9-13/h4-5,8H,3,6-7,9,13H2,1-2H3. The Balaban J connectivity index is 2.52. The Labute approximate surface area is 96.2 Å². The third kappa shape index (κ3) is 4.14. The quantitative estimate of drug-likeness (QED) is 0.756. The predicted octanol–water partition coefficient (Wildman–Crippen LogP) is 2.59. The Bertz CT molecular complexity index is 302. The Morgan fingerprint density at radius 3 is 2.87 bits per heavy atom. The highest BCUT2D eigenvalue weighted by atomic mass is 32.2. The number of thioether (sulfide) groups is 1. The minimum atomic E-state index is 0.540. The average molecular weight is 225 g/mol. The summed E-state index contributed by atoms with van der Waals surface area (Å²) in [7, 11) is 0. The summed E-state index contributed by atoms with van der Waals surface area (Å²) in [4.78, 5) is 0. The van der Waals surface area contributed by atoms with Crippen molar-refractivity contribution < 1.29 is 4.74 Å². The highest BCUT2D eigenvalue weighted by molar-refractivity contribution is 7.99. The molecule has 0 heterocycles. The van der Waals surface area contributed by atoms with E-state index in [1.165, 1.54) is 5.56 Å². The van der Waals surface area contributed by atoms with Crippen molar-refractivity contribution in [3.05, 3.63) is 29.3 Å².